The fraction of sp³-hybridized carbons (Fsp3) is 0.692. The average Bonchev–Trinajstić information content (AvgIpc) is 2.34. The highest BCUT2D eigenvalue weighted by atomic mass is 16.6. The summed E-state index contributed by atoms with van der Waals surface area (Å²) < 4.78 is 10.2. The Morgan fingerprint density at radius 3 is 2.74 bits per heavy atom. The second kappa shape index (κ2) is 6.56. The SMILES string of the molecule is C=CCOC(=O)N1CCN[C@@H](C(=O)OC(C)(C)C)C1. The summed E-state index contributed by atoms with van der Waals surface area (Å²) in [5.41, 5.74) is -0.537. The molecule has 1 rings (SSSR count). The van der Waals surface area contributed by atoms with Gasteiger partial charge in [0.05, 0.1) is 6.54 Å². The maximum absolute atomic E-state index is 11.9. The zero-order chi connectivity index (χ0) is 14.5. The van der Waals surface area contributed by atoms with Crippen LogP contribution >= 0.6 is 0 Å². The summed E-state index contributed by atoms with van der Waals surface area (Å²) in [4.78, 5) is 25.1. The van der Waals surface area contributed by atoms with Gasteiger partial charge >= 0.3 is 12.1 Å². The first-order valence-corrected chi connectivity index (χ1v) is 6.32. The zero-order valence-corrected chi connectivity index (χ0v) is 11.8. The number of ether oxygens (including phenoxy) is 2. The lowest BCUT2D eigenvalue weighted by atomic mass is 10.1. The molecule has 108 valence electrons. The minimum Gasteiger partial charge on any atom is -0.459 e. The van der Waals surface area contributed by atoms with E-state index in [1.54, 1.807) is 0 Å². The molecule has 0 unspecified atom stereocenters. The quantitative estimate of drug-likeness (QED) is 0.610. The van der Waals surface area contributed by atoms with E-state index in [1.165, 1.54) is 11.0 Å². The Hall–Kier alpha value is -1.56. The van der Waals surface area contributed by atoms with Crippen molar-refractivity contribution in [1.29, 1.82) is 0 Å². The number of hydrogen-bond donors (Lipinski definition) is 1. The number of nitrogens with one attached hydrogen (secondary N) is 1. The second-order valence-electron chi connectivity index (χ2n) is 5.35. The van der Waals surface area contributed by atoms with Crippen molar-refractivity contribution in [3.8, 4) is 0 Å². The van der Waals surface area contributed by atoms with Gasteiger partial charge in [0.2, 0.25) is 0 Å². The van der Waals surface area contributed by atoms with Gasteiger partial charge in [0, 0.05) is 13.1 Å². The van der Waals surface area contributed by atoms with Gasteiger partial charge in [-0.25, -0.2) is 4.79 Å². The van der Waals surface area contributed by atoms with Gasteiger partial charge in [-0.05, 0) is 20.8 Å². The van der Waals surface area contributed by atoms with Crippen LogP contribution in [0.4, 0.5) is 4.79 Å². The Morgan fingerprint density at radius 1 is 1.47 bits per heavy atom. The van der Waals surface area contributed by atoms with Gasteiger partial charge in [0.15, 0.2) is 0 Å². The van der Waals surface area contributed by atoms with Crippen molar-refractivity contribution in [3.05, 3.63) is 12.7 Å². The standard InChI is InChI=1S/C13H22N2O4/c1-5-8-18-12(17)15-7-6-14-10(9-15)11(16)19-13(2,3)4/h5,10,14H,1,6-9H2,2-4H3/t10-/m1/s1. The smallest absolute Gasteiger partial charge is 0.410 e. The van der Waals surface area contributed by atoms with Crippen LogP contribution in [0.15, 0.2) is 12.7 Å². The van der Waals surface area contributed by atoms with Crippen molar-refractivity contribution >= 4 is 12.1 Å². The molecule has 1 aliphatic rings. The van der Waals surface area contributed by atoms with E-state index >= 15 is 0 Å². The molecule has 1 atom stereocenters. The molecule has 0 aliphatic carbocycles. The first-order chi connectivity index (χ1) is 8.83. The van der Waals surface area contributed by atoms with Crippen LogP contribution in [0.1, 0.15) is 20.8 Å². The lowest BCUT2D eigenvalue weighted by Gasteiger charge is -2.33. The Kier molecular flexibility index (Phi) is 5.35. The highest BCUT2D eigenvalue weighted by Crippen LogP contribution is 2.11. The van der Waals surface area contributed by atoms with Crippen molar-refractivity contribution in [1.82, 2.24) is 10.2 Å². The lowest BCUT2D eigenvalue weighted by molar-refractivity contribution is -0.158. The fourth-order valence-corrected chi connectivity index (χ4v) is 1.67. The first kappa shape index (κ1) is 15.5. The topological polar surface area (TPSA) is 67.9 Å². The molecule has 1 N–H and O–H groups in total. The summed E-state index contributed by atoms with van der Waals surface area (Å²) in [6.07, 6.45) is 1.07. The largest absolute Gasteiger partial charge is 0.459 e. The first-order valence-electron chi connectivity index (χ1n) is 6.32. The molecule has 6 nitrogen and oxygen atoms in total. The molecule has 1 amide bonds. The van der Waals surface area contributed by atoms with Gasteiger partial charge in [-0.2, -0.15) is 0 Å². The maximum Gasteiger partial charge on any atom is 0.410 e. The van der Waals surface area contributed by atoms with E-state index in [9.17, 15) is 9.59 Å². The van der Waals surface area contributed by atoms with Gasteiger partial charge < -0.3 is 19.7 Å². The van der Waals surface area contributed by atoms with Crippen LogP contribution in [0.25, 0.3) is 0 Å². The van der Waals surface area contributed by atoms with E-state index in [-0.39, 0.29) is 19.1 Å². The molecular weight excluding hydrogens is 248 g/mol. The molecule has 1 saturated heterocycles. The van der Waals surface area contributed by atoms with E-state index in [0.29, 0.717) is 13.1 Å². The Bertz CT molecular complexity index is 349. The number of amides is 1. The number of rotatable bonds is 3. The molecule has 0 bridgehead atoms. The summed E-state index contributed by atoms with van der Waals surface area (Å²) in [6.45, 7) is 10.4. The third kappa shape index (κ3) is 5.30. The average molecular weight is 270 g/mol. The van der Waals surface area contributed by atoms with Gasteiger partial charge in [-0.3, -0.25) is 4.79 Å². The van der Waals surface area contributed by atoms with Crippen LogP contribution in [0.2, 0.25) is 0 Å². The van der Waals surface area contributed by atoms with E-state index in [2.05, 4.69) is 11.9 Å². The summed E-state index contributed by atoms with van der Waals surface area (Å²) in [7, 11) is 0. The zero-order valence-electron chi connectivity index (χ0n) is 11.8. The molecule has 0 aromatic rings. The molecule has 0 aromatic carbocycles. The second-order valence-corrected chi connectivity index (χ2v) is 5.35. The van der Waals surface area contributed by atoms with E-state index in [0.717, 1.165) is 0 Å². The molecule has 1 aliphatic heterocycles. The molecule has 1 heterocycles. The molecule has 0 aromatic heterocycles. The summed E-state index contributed by atoms with van der Waals surface area (Å²) in [6, 6.07) is -0.510. The number of piperazine rings is 1. The summed E-state index contributed by atoms with van der Waals surface area (Å²) >= 11 is 0. The van der Waals surface area contributed by atoms with Gasteiger partial charge in [-0.1, -0.05) is 12.7 Å². The van der Waals surface area contributed by atoms with Crippen LogP contribution in [0, 0.1) is 0 Å². The van der Waals surface area contributed by atoms with Gasteiger partial charge in [0.25, 0.3) is 0 Å². The fourth-order valence-electron chi connectivity index (χ4n) is 1.67. The molecular formula is C13H22N2O4. The maximum atomic E-state index is 11.9. The predicted molar refractivity (Wildman–Crippen MR) is 70.8 cm³/mol. The monoisotopic (exact) mass is 270 g/mol. The minimum absolute atomic E-state index is 0.167. The third-order valence-electron chi connectivity index (χ3n) is 2.45. The highest BCUT2D eigenvalue weighted by molar-refractivity contribution is 5.78. The van der Waals surface area contributed by atoms with Crippen molar-refractivity contribution in [2.75, 3.05) is 26.2 Å². The lowest BCUT2D eigenvalue weighted by Crippen LogP contribution is -2.57. The van der Waals surface area contributed by atoms with Crippen LogP contribution in [-0.2, 0) is 14.3 Å². The number of carbonyl (C=O) groups excluding carboxylic acids is 2. The van der Waals surface area contributed by atoms with Crippen molar-refractivity contribution in [3.63, 3.8) is 0 Å². The van der Waals surface area contributed by atoms with Crippen LogP contribution in [-0.4, -0.2) is 54.8 Å². The number of hydrogen-bond acceptors (Lipinski definition) is 5. The molecule has 0 radical (unpaired) electrons. The molecule has 0 spiro atoms. The van der Waals surface area contributed by atoms with Crippen LogP contribution in [0.5, 0.6) is 0 Å². The van der Waals surface area contributed by atoms with Gasteiger partial charge in [0.1, 0.15) is 18.2 Å². The van der Waals surface area contributed by atoms with Crippen molar-refractivity contribution in [2.45, 2.75) is 32.4 Å². The van der Waals surface area contributed by atoms with Crippen LogP contribution < -0.4 is 5.32 Å². The van der Waals surface area contributed by atoms with Crippen molar-refractivity contribution < 1.29 is 19.1 Å². The highest BCUT2D eigenvalue weighted by Gasteiger charge is 2.31. The Labute approximate surface area is 113 Å². The summed E-state index contributed by atoms with van der Waals surface area (Å²) in [5, 5.41) is 3.04. The summed E-state index contributed by atoms with van der Waals surface area (Å²) in [5.74, 6) is -0.353. The van der Waals surface area contributed by atoms with E-state index in [4.69, 9.17) is 9.47 Å². The normalized spacial score (nSPS) is 19.7. The van der Waals surface area contributed by atoms with Crippen LogP contribution in [0.3, 0.4) is 0 Å². The van der Waals surface area contributed by atoms with Gasteiger partial charge in [-0.15, -0.1) is 0 Å². The molecule has 1 fully saturated rings. The van der Waals surface area contributed by atoms with E-state index in [1.807, 2.05) is 20.8 Å². The number of nitrogens with zero attached hydrogens (tertiary/aromatic N) is 1. The van der Waals surface area contributed by atoms with E-state index < -0.39 is 17.7 Å². The number of carbonyl (C=O) groups is 2. The Balaban J connectivity index is 2.52. The Morgan fingerprint density at radius 2 is 2.16 bits per heavy atom. The predicted octanol–water partition coefficient (Wildman–Crippen LogP) is 0.924. The minimum atomic E-state index is -0.537. The number of esters is 1. The van der Waals surface area contributed by atoms with Crippen molar-refractivity contribution in [2.24, 2.45) is 0 Å². The molecule has 19 heavy (non-hydrogen) atoms. The molecule has 6 heteroatoms. The molecule has 0 saturated carbocycles. The third-order valence-corrected chi connectivity index (χ3v) is 2.45.